The second-order valence-electron chi connectivity index (χ2n) is 5.65. The second-order valence-corrected chi connectivity index (χ2v) is 5.65. The summed E-state index contributed by atoms with van der Waals surface area (Å²) in [5.41, 5.74) is 8.31. The van der Waals surface area contributed by atoms with Crippen LogP contribution in [-0.2, 0) is 4.79 Å². The highest BCUT2D eigenvalue weighted by Gasteiger charge is 2.22. The van der Waals surface area contributed by atoms with E-state index < -0.39 is 0 Å². The monoisotopic (exact) mass is 275 g/mol. The van der Waals surface area contributed by atoms with E-state index in [2.05, 4.69) is 17.1 Å². The number of carbonyl (C=O) groups is 1. The summed E-state index contributed by atoms with van der Waals surface area (Å²) in [7, 11) is 0. The van der Waals surface area contributed by atoms with Crippen molar-refractivity contribution < 1.29 is 4.79 Å². The molecule has 0 aliphatic carbocycles. The molecule has 110 valence electrons. The molecule has 1 heterocycles. The number of nitrogens with zero attached hydrogens (tertiary/aromatic N) is 1. The van der Waals surface area contributed by atoms with Crippen LogP contribution in [0.4, 0.5) is 11.4 Å². The molecule has 1 unspecified atom stereocenters. The Labute approximate surface area is 121 Å². The van der Waals surface area contributed by atoms with Gasteiger partial charge in [0.2, 0.25) is 5.91 Å². The number of nitrogens with two attached hydrogens (primary N) is 1. The van der Waals surface area contributed by atoms with Gasteiger partial charge in [0.15, 0.2) is 0 Å². The van der Waals surface area contributed by atoms with Gasteiger partial charge in [-0.15, -0.1) is 0 Å². The minimum absolute atomic E-state index is 0.0678. The Morgan fingerprint density at radius 3 is 2.95 bits per heavy atom. The standard InChI is InChI=1S/C16H25N3O/c1-3-14-6-4-5-9-19(14)11-16(20)18-15-8-7-13(17)10-12(15)2/h7-8,10,14H,3-6,9,11,17H2,1-2H3,(H,18,20). The Kier molecular flexibility index (Phi) is 5.01. The highest BCUT2D eigenvalue weighted by Crippen LogP contribution is 2.20. The van der Waals surface area contributed by atoms with E-state index in [1.54, 1.807) is 0 Å². The molecule has 2 rings (SSSR count). The Hall–Kier alpha value is -1.55. The average Bonchev–Trinajstić information content (AvgIpc) is 2.42. The van der Waals surface area contributed by atoms with Crippen LogP contribution in [0.2, 0.25) is 0 Å². The molecule has 4 nitrogen and oxygen atoms in total. The smallest absolute Gasteiger partial charge is 0.238 e. The van der Waals surface area contributed by atoms with E-state index in [0.717, 1.165) is 29.9 Å². The summed E-state index contributed by atoms with van der Waals surface area (Å²) in [5, 5.41) is 2.99. The van der Waals surface area contributed by atoms with Crippen molar-refractivity contribution in [3.05, 3.63) is 23.8 Å². The number of carbonyl (C=O) groups excluding carboxylic acids is 1. The van der Waals surface area contributed by atoms with E-state index in [1.807, 2.05) is 25.1 Å². The van der Waals surface area contributed by atoms with E-state index >= 15 is 0 Å². The molecule has 20 heavy (non-hydrogen) atoms. The summed E-state index contributed by atoms with van der Waals surface area (Å²) in [6.07, 6.45) is 4.82. The first-order valence-electron chi connectivity index (χ1n) is 7.50. The minimum Gasteiger partial charge on any atom is -0.399 e. The van der Waals surface area contributed by atoms with Gasteiger partial charge in [0.25, 0.3) is 0 Å². The number of likely N-dealkylation sites (tertiary alicyclic amines) is 1. The van der Waals surface area contributed by atoms with Crippen LogP contribution in [0, 0.1) is 6.92 Å². The zero-order valence-electron chi connectivity index (χ0n) is 12.5. The molecule has 0 saturated carbocycles. The van der Waals surface area contributed by atoms with Crippen molar-refractivity contribution >= 4 is 17.3 Å². The topological polar surface area (TPSA) is 58.4 Å². The lowest BCUT2D eigenvalue weighted by atomic mass is 10.00. The molecule has 1 aromatic rings. The van der Waals surface area contributed by atoms with Crippen molar-refractivity contribution in [1.29, 1.82) is 0 Å². The number of aryl methyl sites for hydroxylation is 1. The van der Waals surface area contributed by atoms with Crippen molar-refractivity contribution in [3.8, 4) is 0 Å². The molecule has 0 radical (unpaired) electrons. The second kappa shape index (κ2) is 6.75. The SMILES string of the molecule is CCC1CCCCN1CC(=O)Nc1ccc(N)cc1C. The van der Waals surface area contributed by atoms with Crippen LogP contribution >= 0.6 is 0 Å². The summed E-state index contributed by atoms with van der Waals surface area (Å²) < 4.78 is 0. The van der Waals surface area contributed by atoms with Crippen LogP contribution < -0.4 is 11.1 Å². The van der Waals surface area contributed by atoms with E-state index in [4.69, 9.17) is 5.73 Å². The molecule has 1 aliphatic rings. The van der Waals surface area contributed by atoms with Crippen LogP contribution in [0.5, 0.6) is 0 Å². The fourth-order valence-corrected chi connectivity index (χ4v) is 2.93. The van der Waals surface area contributed by atoms with Gasteiger partial charge in [-0.3, -0.25) is 9.69 Å². The van der Waals surface area contributed by atoms with E-state index in [9.17, 15) is 4.79 Å². The lowest BCUT2D eigenvalue weighted by Crippen LogP contribution is -2.43. The van der Waals surface area contributed by atoms with Crippen molar-refractivity contribution in [2.75, 3.05) is 24.1 Å². The lowest BCUT2D eigenvalue weighted by molar-refractivity contribution is -0.118. The number of anilines is 2. The van der Waals surface area contributed by atoms with Gasteiger partial charge >= 0.3 is 0 Å². The van der Waals surface area contributed by atoms with Gasteiger partial charge in [-0.2, -0.15) is 0 Å². The first-order valence-corrected chi connectivity index (χ1v) is 7.50. The van der Waals surface area contributed by atoms with Gasteiger partial charge in [-0.1, -0.05) is 13.3 Å². The highest BCUT2D eigenvalue weighted by molar-refractivity contribution is 5.93. The lowest BCUT2D eigenvalue weighted by Gasteiger charge is -2.34. The minimum atomic E-state index is 0.0678. The third-order valence-corrected chi connectivity index (χ3v) is 4.09. The van der Waals surface area contributed by atoms with Gasteiger partial charge in [0.1, 0.15) is 0 Å². The van der Waals surface area contributed by atoms with Crippen molar-refractivity contribution in [1.82, 2.24) is 4.90 Å². The molecule has 4 heteroatoms. The first-order chi connectivity index (χ1) is 9.60. The van der Waals surface area contributed by atoms with Crippen LogP contribution in [0.15, 0.2) is 18.2 Å². The largest absolute Gasteiger partial charge is 0.399 e. The van der Waals surface area contributed by atoms with Gasteiger partial charge in [0.05, 0.1) is 6.54 Å². The molecule has 0 aromatic heterocycles. The molecule has 1 aromatic carbocycles. The van der Waals surface area contributed by atoms with Gasteiger partial charge in [-0.25, -0.2) is 0 Å². The number of piperidine rings is 1. The van der Waals surface area contributed by atoms with E-state index in [1.165, 1.54) is 19.3 Å². The molecule has 1 aliphatic heterocycles. The predicted octanol–water partition coefficient (Wildman–Crippen LogP) is 2.78. The van der Waals surface area contributed by atoms with Crippen LogP contribution in [0.3, 0.4) is 0 Å². The van der Waals surface area contributed by atoms with Crippen LogP contribution in [-0.4, -0.2) is 29.9 Å². The van der Waals surface area contributed by atoms with Crippen LogP contribution in [0.25, 0.3) is 0 Å². The van der Waals surface area contributed by atoms with Crippen molar-refractivity contribution in [3.63, 3.8) is 0 Å². The molecule has 0 bridgehead atoms. The predicted molar refractivity (Wildman–Crippen MR) is 83.7 cm³/mol. The van der Waals surface area contributed by atoms with Gasteiger partial charge < -0.3 is 11.1 Å². The molecule has 1 fully saturated rings. The Balaban J connectivity index is 1.94. The fraction of sp³-hybridized carbons (Fsp3) is 0.562. The maximum absolute atomic E-state index is 12.2. The van der Waals surface area contributed by atoms with Crippen molar-refractivity contribution in [2.24, 2.45) is 0 Å². The molecule has 1 atom stereocenters. The zero-order chi connectivity index (χ0) is 14.5. The third-order valence-electron chi connectivity index (χ3n) is 4.09. The van der Waals surface area contributed by atoms with Crippen molar-refractivity contribution in [2.45, 2.75) is 45.6 Å². The molecule has 1 saturated heterocycles. The number of hydrogen-bond acceptors (Lipinski definition) is 3. The maximum atomic E-state index is 12.2. The Bertz CT molecular complexity index is 473. The molecule has 1 amide bonds. The molecule has 0 spiro atoms. The number of rotatable bonds is 4. The van der Waals surface area contributed by atoms with Gasteiger partial charge in [-0.05, 0) is 56.5 Å². The van der Waals surface area contributed by atoms with E-state index in [0.29, 0.717) is 12.6 Å². The van der Waals surface area contributed by atoms with Crippen LogP contribution in [0.1, 0.15) is 38.2 Å². The summed E-state index contributed by atoms with van der Waals surface area (Å²) in [6.45, 7) is 5.68. The first kappa shape index (κ1) is 14.9. The Morgan fingerprint density at radius 1 is 1.45 bits per heavy atom. The quantitative estimate of drug-likeness (QED) is 0.831. The molecule has 3 N–H and O–H groups in total. The third kappa shape index (κ3) is 3.73. The van der Waals surface area contributed by atoms with E-state index in [-0.39, 0.29) is 5.91 Å². The summed E-state index contributed by atoms with van der Waals surface area (Å²) in [4.78, 5) is 14.5. The normalized spacial score (nSPS) is 19.8. The number of hydrogen-bond donors (Lipinski definition) is 2. The average molecular weight is 275 g/mol. The number of nitrogen functional groups attached to an aromatic ring is 1. The molecular weight excluding hydrogens is 250 g/mol. The molecular formula is C16H25N3O. The summed E-state index contributed by atoms with van der Waals surface area (Å²) in [5.74, 6) is 0.0678. The highest BCUT2D eigenvalue weighted by atomic mass is 16.2. The fourth-order valence-electron chi connectivity index (χ4n) is 2.93. The number of amides is 1. The zero-order valence-corrected chi connectivity index (χ0v) is 12.5. The summed E-state index contributed by atoms with van der Waals surface area (Å²) in [6, 6.07) is 6.13. The Morgan fingerprint density at radius 2 is 2.25 bits per heavy atom. The summed E-state index contributed by atoms with van der Waals surface area (Å²) >= 11 is 0. The number of benzene rings is 1. The number of nitrogens with one attached hydrogen (secondary N) is 1. The maximum Gasteiger partial charge on any atom is 0.238 e. The van der Waals surface area contributed by atoms with Gasteiger partial charge in [0, 0.05) is 17.4 Å².